The first-order valence-electron chi connectivity index (χ1n) is 7.62. The van der Waals surface area contributed by atoms with E-state index in [9.17, 15) is 9.18 Å². The molecule has 1 aliphatic heterocycles. The molecule has 4 nitrogen and oxygen atoms in total. The van der Waals surface area contributed by atoms with E-state index in [4.69, 9.17) is 5.73 Å². The van der Waals surface area contributed by atoms with Gasteiger partial charge in [-0.3, -0.25) is 4.79 Å². The van der Waals surface area contributed by atoms with Gasteiger partial charge in [-0.15, -0.1) is 0 Å². The Balaban J connectivity index is 1.69. The molecule has 1 aliphatic rings. The molecule has 0 bridgehead atoms. The molecule has 5 heteroatoms. The van der Waals surface area contributed by atoms with Crippen molar-refractivity contribution < 1.29 is 9.18 Å². The molecule has 1 saturated heterocycles. The number of nitrogen functional groups attached to an aromatic ring is 1. The lowest BCUT2D eigenvalue weighted by atomic mass is 9.99. The SMILES string of the molecule is CC1CCN(CCCNC(=O)c2ccc(F)cc2N)CC1. The highest BCUT2D eigenvalue weighted by Gasteiger charge is 2.15. The highest BCUT2D eigenvalue weighted by Crippen LogP contribution is 2.16. The van der Waals surface area contributed by atoms with E-state index < -0.39 is 5.82 Å². The van der Waals surface area contributed by atoms with Crippen LogP contribution in [0, 0.1) is 11.7 Å². The van der Waals surface area contributed by atoms with E-state index in [0.717, 1.165) is 32.0 Å². The molecule has 21 heavy (non-hydrogen) atoms. The molecule has 1 amide bonds. The van der Waals surface area contributed by atoms with E-state index >= 15 is 0 Å². The van der Waals surface area contributed by atoms with Crippen LogP contribution in [-0.4, -0.2) is 37.0 Å². The number of rotatable bonds is 5. The third-order valence-corrected chi connectivity index (χ3v) is 4.07. The number of likely N-dealkylation sites (tertiary alicyclic amines) is 1. The maximum Gasteiger partial charge on any atom is 0.253 e. The van der Waals surface area contributed by atoms with Gasteiger partial charge in [-0.2, -0.15) is 0 Å². The minimum Gasteiger partial charge on any atom is -0.398 e. The zero-order valence-electron chi connectivity index (χ0n) is 12.6. The Morgan fingerprint density at radius 3 is 2.81 bits per heavy atom. The van der Waals surface area contributed by atoms with Crippen LogP contribution in [0.5, 0.6) is 0 Å². The van der Waals surface area contributed by atoms with Crippen LogP contribution in [0.3, 0.4) is 0 Å². The maximum absolute atomic E-state index is 12.9. The summed E-state index contributed by atoms with van der Waals surface area (Å²) in [5.41, 5.74) is 6.16. The Hall–Kier alpha value is -1.62. The van der Waals surface area contributed by atoms with Crippen LogP contribution in [0.25, 0.3) is 0 Å². The molecular formula is C16H24FN3O. The van der Waals surface area contributed by atoms with Crippen molar-refractivity contribution in [1.82, 2.24) is 10.2 Å². The number of halogens is 1. The second kappa shape index (κ2) is 7.41. The molecule has 1 fully saturated rings. The van der Waals surface area contributed by atoms with Gasteiger partial charge in [-0.1, -0.05) is 6.92 Å². The summed E-state index contributed by atoms with van der Waals surface area (Å²) in [7, 11) is 0. The van der Waals surface area contributed by atoms with Crippen molar-refractivity contribution >= 4 is 11.6 Å². The summed E-state index contributed by atoms with van der Waals surface area (Å²) in [4.78, 5) is 14.4. The third kappa shape index (κ3) is 4.70. The number of hydrogen-bond donors (Lipinski definition) is 2. The topological polar surface area (TPSA) is 58.4 Å². The quantitative estimate of drug-likeness (QED) is 0.647. The van der Waals surface area contributed by atoms with E-state index in [1.165, 1.54) is 31.0 Å². The second-order valence-corrected chi connectivity index (χ2v) is 5.87. The van der Waals surface area contributed by atoms with Crippen molar-refractivity contribution in [3.8, 4) is 0 Å². The molecule has 0 saturated carbocycles. The van der Waals surface area contributed by atoms with E-state index in [0.29, 0.717) is 12.1 Å². The molecule has 116 valence electrons. The largest absolute Gasteiger partial charge is 0.398 e. The first-order valence-corrected chi connectivity index (χ1v) is 7.62. The van der Waals surface area contributed by atoms with Crippen LogP contribution in [0.15, 0.2) is 18.2 Å². The standard InChI is InChI=1S/C16H24FN3O/c1-12-5-9-20(10-6-12)8-2-7-19-16(21)14-4-3-13(17)11-15(14)18/h3-4,11-12H,2,5-10,18H2,1H3,(H,19,21). The number of benzene rings is 1. The van der Waals surface area contributed by atoms with Gasteiger partial charge in [-0.25, -0.2) is 4.39 Å². The van der Waals surface area contributed by atoms with Gasteiger partial charge in [-0.05, 0) is 63.0 Å². The molecule has 0 aliphatic carbocycles. The van der Waals surface area contributed by atoms with Gasteiger partial charge in [0, 0.05) is 12.2 Å². The number of nitrogens with two attached hydrogens (primary N) is 1. The molecule has 0 unspecified atom stereocenters. The lowest BCUT2D eigenvalue weighted by Crippen LogP contribution is -2.35. The fourth-order valence-electron chi connectivity index (χ4n) is 2.63. The number of nitrogens with one attached hydrogen (secondary N) is 1. The zero-order chi connectivity index (χ0) is 15.2. The van der Waals surface area contributed by atoms with Gasteiger partial charge in [0.15, 0.2) is 0 Å². The smallest absolute Gasteiger partial charge is 0.253 e. The lowest BCUT2D eigenvalue weighted by Gasteiger charge is -2.30. The van der Waals surface area contributed by atoms with Crippen LogP contribution in [0.2, 0.25) is 0 Å². The number of carbonyl (C=O) groups is 1. The van der Waals surface area contributed by atoms with Crippen LogP contribution in [-0.2, 0) is 0 Å². The Morgan fingerprint density at radius 1 is 1.43 bits per heavy atom. The number of amides is 1. The highest BCUT2D eigenvalue weighted by atomic mass is 19.1. The molecule has 3 N–H and O–H groups in total. The van der Waals surface area contributed by atoms with Crippen molar-refractivity contribution in [2.24, 2.45) is 5.92 Å². The van der Waals surface area contributed by atoms with E-state index in [1.54, 1.807) is 0 Å². The summed E-state index contributed by atoms with van der Waals surface area (Å²) in [6, 6.07) is 3.84. The Morgan fingerprint density at radius 2 is 2.14 bits per heavy atom. The van der Waals surface area contributed by atoms with Gasteiger partial charge < -0.3 is 16.0 Å². The summed E-state index contributed by atoms with van der Waals surface area (Å²) in [5.74, 6) is 0.172. The molecule has 2 rings (SSSR count). The molecule has 0 spiro atoms. The minimum atomic E-state index is -0.427. The minimum absolute atomic E-state index is 0.178. The fraction of sp³-hybridized carbons (Fsp3) is 0.562. The van der Waals surface area contributed by atoms with Crippen LogP contribution in [0.1, 0.15) is 36.5 Å². The van der Waals surface area contributed by atoms with Gasteiger partial charge in [0.2, 0.25) is 0 Å². The molecule has 0 radical (unpaired) electrons. The molecule has 1 heterocycles. The number of nitrogens with zero attached hydrogens (tertiary/aromatic N) is 1. The fourth-order valence-corrected chi connectivity index (χ4v) is 2.63. The summed E-state index contributed by atoms with van der Waals surface area (Å²) in [5, 5.41) is 2.84. The van der Waals surface area contributed by atoms with Crippen molar-refractivity contribution in [1.29, 1.82) is 0 Å². The first kappa shape index (κ1) is 15.8. The lowest BCUT2D eigenvalue weighted by molar-refractivity contribution is 0.0951. The molecule has 0 aromatic heterocycles. The van der Waals surface area contributed by atoms with Gasteiger partial charge in [0.1, 0.15) is 5.82 Å². The Labute approximate surface area is 125 Å². The molecule has 1 aromatic rings. The van der Waals surface area contributed by atoms with Crippen LogP contribution < -0.4 is 11.1 Å². The van der Waals surface area contributed by atoms with E-state index in [-0.39, 0.29) is 11.6 Å². The Bertz CT molecular complexity index is 484. The monoisotopic (exact) mass is 293 g/mol. The maximum atomic E-state index is 12.9. The van der Waals surface area contributed by atoms with Gasteiger partial charge >= 0.3 is 0 Å². The van der Waals surface area contributed by atoms with E-state index in [1.807, 2.05) is 0 Å². The average molecular weight is 293 g/mol. The summed E-state index contributed by atoms with van der Waals surface area (Å²) in [6.45, 7) is 6.22. The number of hydrogen-bond acceptors (Lipinski definition) is 3. The molecule has 0 atom stereocenters. The predicted molar refractivity (Wildman–Crippen MR) is 82.6 cm³/mol. The second-order valence-electron chi connectivity index (χ2n) is 5.87. The van der Waals surface area contributed by atoms with Crippen molar-refractivity contribution in [3.63, 3.8) is 0 Å². The third-order valence-electron chi connectivity index (χ3n) is 4.07. The van der Waals surface area contributed by atoms with Crippen LogP contribution >= 0.6 is 0 Å². The van der Waals surface area contributed by atoms with Gasteiger partial charge in [0.25, 0.3) is 5.91 Å². The molecule has 1 aromatic carbocycles. The van der Waals surface area contributed by atoms with Crippen molar-refractivity contribution in [2.75, 3.05) is 31.9 Å². The van der Waals surface area contributed by atoms with Crippen molar-refractivity contribution in [3.05, 3.63) is 29.6 Å². The normalized spacial score (nSPS) is 16.9. The Kier molecular flexibility index (Phi) is 5.56. The van der Waals surface area contributed by atoms with Crippen molar-refractivity contribution in [2.45, 2.75) is 26.2 Å². The van der Waals surface area contributed by atoms with Gasteiger partial charge in [0.05, 0.1) is 5.56 Å². The number of carbonyl (C=O) groups excluding carboxylic acids is 1. The number of anilines is 1. The summed E-state index contributed by atoms with van der Waals surface area (Å²) >= 11 is 0. The summed E-state index contributed by atoms with van der Waals surface area (Å²) < 4.78 is 12.9. The van der Waals surface area contributed by atoms with E-state index in [2.05, 4.69) is 17.1 Å². The number of piperidine rings is 1. The molecular weight excluding hydrogens is 269 g/mol. The predicted octanol–water partition coefficient (Wildman–Crippen LogP) is 2.26. The average Bonchev–Trinajstić information content (AvgIpc) is 2.45. The van der Waals surface area contributed by atoms with Crippen LogP contribution in [0.4, 0.5) is 10.1 Å². The first-order chi connectivity index (χ1) is 10.1. The zero-order valence-corrected chi connectivity index (χ0v) is 12.6. The highest BCUT2D eigenvalue weighted by molar-refractivity contribution is 5.99. The summed E-state index contributed by atoms with van der Waals surface area (Å²) in [6.07, 6.45) is 3.44.